The van der Waals surface area contributed by atoms with Crippen LogP contribution in [-0.4, -0.2) is 42.0 Å². The standard InChI is InChI=1S/C19H25N3O4/c1-13(20-18(24)15-6-2-3-7-15)17(23)21-16-8-4-5-14(11-16)12-22-9-10-26-19(22)25/h4-5,8,11,13,15H,2-3,6-7,9-10,12H2,1H3,(H,20,24)(H,21,23)/t13-/m0/s1. The van der Waals surface area contributed by atoms with Crippen molar-refractivity contribution in [2.75, 3.05) is 18.5 Å². The van der Waals surface area contributed by atoms with Crippen molar-refractivity contribution in [2.24, 2.45) is 5.92 Å². The minimum absolute atomic E-state index is 0.0357. The zero-order valence-corrected chi connectivity index (χ0v) is 15.0. The van der Waals surface area contributed by atoms with Gasteiger partial charge in [0.15, 0.2) is 0 Å². The first-order chi connectivity index (χ1) is 12.5. The number of ether oxygens (including phenoxy) is 1. The topological polar surface area (TPSA) is 87.7 Å². The largest absolute Gasteiger partial charge is 0.448 e. The van der Waals surface area contributed by atoms with Gasteiger partial charge in [-0.2, -0.15) is 0 Å². The summed E-state index contributed by atoms with van der Waals surface area (Å²) < 4.78 is 4.92. The average molecular weight is 359 g/mol. The van der Waals surface area contributed by atoms with Crippen LogP contribution in [0.2, 0.25) is 0 Å². The number of hydrogen-bond donors (Lipinski definition) is 2. The molecule has 7 nitrogen and oxygen atoms in total. The van der Waals surface area contributed by atoms with Crippen LogP contribution in [0.3, 0.4) is 0 Å². The van der Waals surface area contributed by atoms with E-state index in [-0.39, 0.29) is 23.8 Å². The molecule has 2 fully saturated rings. The van der Waals surface area contributed by atoms with Gasteiger partial charge in [0.05, 0.1) is 6.54 Å². The van der Waals surface area contributed by atoms with E-state index >= 15 is 0 Å². The number of hydrogen-bond acceptors (Lipinski definition) is 4. The molecule has 3 amide bonds. The van der Waals surface area contributed by atoms with Gasteiger partial charge in [-0.1, -0.05) is 25.0 Å². The van der Waals surface area contributed by atoms with Gasteiger partial charge in [-0.3, -0.25) is 9.59 Å². The third-order valence-electron chi connectivity index (χ3n) is 4.89. The quantitative estimate of drug-likeness (QED) is 0.816. The maximum absolute atomic E-state index is 12.4. The van der Waals surface area contributed by atoms with Gasteiger partial charge in [-0.15, -0.1) is 0 Å². The minimum Gasteiger partial charge on any atom is -0.448 e. The van der Waals surface area contributed by atoms with Gasteiger partial charge in [0.1, 0.15) is 12.6 Å². The molecule has 2 aliphatic rings. The first-order valence-corrected chi connectivity index (χ1v) is 9.15. The summed E-state index contributed by atoms with van der Waals surface area (Å²) in [5, 5.41) is 5.63. The van der Waals surface area contributed by atoms with E-state index in [2.05, 4.69) is 10.6 Å². The van der Waals surface area contributed by atoms with Crippen molar-refractivity contribution in [2.45, 2.75) is 45.2 Å². The van der Waals surface area contributed by atoms with Gasteiger partial charge in [0.25, 0.3) is 0 Å². The SMILES string of the molecule is C[C@H](NC(=O)C1CCCC1)C(=O)Nc1cccc(CN2CCOC2=O)c1. The monoisotopic (exact) mass is 359 g/mol. The molecule has 7 heteroatoms. The fourth-order valence-corrected chi connectivity index (χ4v) is 3.37. The van der Waals surface area contributed by atoms with Crippen molar-refractivity contribution >= 4 is 23.6 Å². The number of anilines is 1. The van der Waals surface area contributed by atoms with Crippen LogP contribution in [0.15, 0.2) is 24.3 Å². The summed E-state index contributed by atoms with van der Waals surface area (Å²) in [5.41, 5.74) is 1.55. The molecule has 3 rings (SSSR count). The molecule has 1 aliphatic carbocycles. The van der Waals surface area contributed by atoms with Crippen LogP contribution in [0.25, 0.3) is 0 Å². The van der Waals surface area contributed by atoms with Crippen molar-refractivity contribution < 1.29 is 19.1 Å². The Morgan fingerprint density at radius 2 is 2.08 bits per heavy atom. The molecule has 1 saturated carbocycles. The van der Waals surface area contributed by atoms with Gasteiger partial charge in [-0.25, -0.2) is 4.79 Å². The predicted molar refractivity (Wildman–Crippen MR) is 96.4 cm³/mol. The van der Waals surface area contributed by atoms with Gasteiger partial charge < -0.3 is 20.3 Å². The van der Waals surface area contributed by atoms with E-state index in [1.165, 1.54) is 0 Å². The van der Waals surface area contributed by atoms with Crippen molar-refractivity contribution in [1.82, 2.24) is 10.2 Å². The second-order valence-corrected chi connectivity index (χ2v) is 6.94. The maximum atomic E-state index is 12.4. The number of carbonyl (C=O) groups excluding carboxylic acids is 3. The van der Waals surface area contributed by atoms with E-state index in [9.17, 15) is 14.4 Å². The number of cyclic esters (lactones) is 1. The summed E-state index contributed by atoms with van der Waals surface area (Å²) in [6.45, 7) is 3.11. The second-order valence-electron chi connectivity index (χ2n) is 6.94. The first-order valence-electron chi connectivity index (χ1n) is 9.15. The van der Waals surface area contributed by atoms with Crippen LogP contribution in [0.5, 0.6) is 0 Å². The van der Waals surface area contributed by atoms with Gasteiger partial charge in [0.2, 0.25) is 11.8 Å². The van der Waals surface area contributed by atoms with E-state index in [0.717, 1.165) is 31.2 Å². The number of nitrogens with zero attached hydrogens (tertiary/aromatic N) is 1. The molecule has 1 saturated heterocycles. The van der Waals surface area contributed by atoms with Crippen LogP contribution in [0.1, 0.15) is 38.2 Å². The zero-order valence-electron chi connectivity index (χ0n) is 15.0. The molecule has 1 aromatic carbocycles. The fourth-order valence-electron chi connectivity index (χ4n) is 3.37. The Morgan fingerprint density at radius 3 is 2.77 bits per heavy atom. The fraction of sp³-hybridized carbons (Fsp3) is 0.526. The molecule has 0 unspecified atom stereocenters. The van der Waals surface area contributed by atoms with Crippen LogP contribution >= 0.6 is 0 Å². The van der Waals surface area contributed by atoms with Gasteiger partial charge >= 0.3 is 6.09 Å². The highest BCUT2D eigenvalue weighted by Gasteiger charge is 2.26. The van der Waals surface area contributed by atoms with Crippen molar-refractivity contribution in [3.8, 4) is 0 Å². The van der Waals surface area contributed by atoms with Crippen LogP contribution in [0, 0.1) is 5.92 Å². The van der Waals surface area contributed by atoms with Crippen LogP contribution in [-0.2, 0) is 20.9 Å². The maximum Gasteiger partial charge on any atom is 0.410 e. The molecule has 1 aromatic rings. The number of carbonyl (C=O) groups is 3. The molecule has 140 valence electrons. The van der Waals surface area contributed by atoms with Crippen LogP contribution in [0.4, 0.5) is 10.5 Å². The first kappa shape index (κ1) is 18.2. The molecule has 1 heterocycles. The summed E-state index contributed by atoms with van der Waals surface area (Å²) >= 11 is 0. The average Bonchev–Trinajstić information content (AvgIpc) is 3.28. The molecule has 0 bridgehead atoms. The van der Waals surface area contributed by atoms with Crippen molar-refractivity contribution in [3.63, 3.8) is 0 Å². The Balaban J connectivity index is 1.54. The van der Waals surface area contributed by atoms with Crippen molar-refractivity contribution in [3.05, 3.63) is 29.8 Å². The smallest absolute Gasteiger partial charge is 0.410 e. The number of amides is 3. The Labute approximate surface area is 153 Å². The molecular formula is C19H25N3O4. The Morgan fingerprint density at radius 1 is 1.31 bits per heavy atom. The second kappa shape index (κ2) is 8.21. The van der Waals surface area contributed by atoms with E-state index in [4.69, 9.17) is 4.74 Å². The van der Waals surface area contributed by atoms with E-state index < -0.39 is 6.04 Å². The Hall–Kier alpha value is -2.57. The van der Waals surface area contributed by atoms with Gasteiger partial charge in [0, 0.05) is 18.2 Å². The predicted octanol–water partition coefficient (Wildman–Crippen LogP) is 2.27. The molecule has 2 N–H and O–H groups in total. The van der Waals surface area contributed by atoms with Crippen molar-refractivity contribution in [1.29, 1.82) is 0 Å². The Bertz CT molecular complexity index is 685. The third kappa shape index (κ3) is 4.53. The molecule has 0 spiro atoms. The lowest BCUT2D eigenvalue weighted by atomic mass is 10.1. The normalized spacial score (nSPS) is 18.5. The summed E-state index contributed by atoms with van der Waals surface area (Å²) in [7, 11) is 0. The lowest BCUT2D eigenvalue weighted by molar-refractivity contribution is -0.128. The number of nitrogens with one attached hydrogen (secondary N) is 2. The van der Waals surface area contributed by atoms with Crippen LogP contribution < -0.4 is 10.6 Å². The van der Waals surface area contributed by atoms with E-state index in [0.29, 0.717) is 25.4 Å². The number of rotatable bonds is 6. The summed E-state index contributed by atoms with van der Waals surface area (Å²) in [6.07, 6.45) is 3.65. The Kier molecular flexibility index (Phi) is 5.75. The lowest BCUT2D eigenvalue weighted by Crippen LogP contribution is -2.43. The highest BCUT2D eigenvalue weighted by molar-refractivity contribution is 5.97. The zero-order chi connectivity index (χ0) is 18.5. The molecule has 1 aliphatic heterocycles. The number of benzene rings is 1. The minimum atomic E-state index is -0.597. The third-order valence-corrected chi connectivity index (χ3v) is 4.89. The molecule has 0 aromatic heterocycles. The van der Waals surface area contributed by atoms with E-state index in [1.54, 1.807) is 17.9 Å². The molecule has 26 heavy (non-hydrogen) atoms. The van der Waals surface area contributed by atoms with Gasteiger partial charge in [-0.05, 0) is 37.5 Å². The highest BCUT2D eigenvalue weighted by Crippen LogP contribution is 2.24. The summed E-state index contributed by atoms with van der Waals surface area (Å²) in [5.74, 6) is -0.255. The molecular weight excluding hydrogens is 334 g/mol. The summed E-state index contributed by atoms with van der Waals surface area (Å²) in [6, 6.07) is 6.74. The lowest BCUT2D eigenvalue weighted by Gasteiger charge is -2.17. The molecule has 1 atom stereocenters. The molecule has 0 radical (unpaired) electrons. The summed E-state index contributed by atoms with van der Waals surface area (Å²) in [4.78, 5) is 37.7. The van der Waals surface area contributed by atoms with E-state index in [1.807, 2.05) is 18.2 Å². The highest BCUT2D eigenvalue weighted by atomic mass is 16.6.